The summed E-state index contributed by atoms with van der Waals surface area (Å²) in [5, 5.41) is 7.10. The number of halogens is 1. The van der Waals surface area contributed by atoms with Gasteiger partial charge in [-0.3, -0.25) is 9.59 Å². The number of alkyl halides is 1. The third kappa shape index (κ3) is 5.14. The second-order valence-corrected chi connectivity index (χ2v) is 4.39. The standard InChI is InChI=1S/C10H13ClN2O2S/c11-6-9(14)13-7-10(15)12-4-3-8-2-1-5-16-8/h1-2,5H,3-4,6-7H2,(H,12,15)(H,13,14). The quantitative estimate of drug-likeness (QED) is 0.742. The average Bonchev–Trinajstić information content (AvgIpc) is 2.79. The van der Waals surface area contributed by atoms with Crippen LogP contribution in [0, 0.1) is 0 Å². The van der Waals surface area contributed by atoms with E-state index in [0.717, 1.165) is 6.42 Å². The molecule has 0 aliphatic heterocycles. The van der Waals surface area contributed by atoms with Gasteiger partial charge < -0.3 is 10.6 Å². The van der Waals surface area contributed by atoms with Crippen molar-refractivity contribution >= 4 is 34.8 Å². The molecule has 6 heteroatoms. The molecular formula is C10H13ClN2O2S. The fourth-order valence-corrected chi connectivity index (χ4v) is 1.87. The minimum absolute atomic E-state index is 0.0179. The molecule has 0 radical (unpaired) electrons. The molecule has 1 rings (SSSR count). The van der Waals surface area contributed by atoms with E-state index < -0.39 is 0 Å². The van der Waals surface area contributed by atoms with E-state index in [4.69, 9.17) is 11.6 Å². The van der Waals surface area contributed by atoms with Crippen molar-refractivity contribution in [3.63, 3.8) is 0 Å². The Hall–Kier alpha value is -1.07. The van der Waals surface area contributed by atoms with E-state index in [9.17, 15) is 9.59 Å². The Morgan fingerprint density at radius 2 is 2.12 bits per heavy atom. The lowest BCUT2D eigenvalue weighted by Gasteiger charge is -2.04. The Bertz CT molecular complexity index is 341. The molecule has 2 amide bonds. The van der Waals surface area contributed by atoms with Crippen LogP contribution in [0.25, 0.3) is 0 Å². The average molecular weight is 261 g/mol. The van der Waals surface area contributed by atoms with Gasteiger partial charge in [-0.05, 0) is 17.9 Å². The molecule has 0 atom stereocenters. The first-order valence-corrected chi connectivity index (χ1v) is 6.25. The lowest BCUT2D eigenvalue weighted by Crippen LogP contribution is -2.38. The molecule has 0 aliphatic rings. The van der Waals surface area contributed by atoms with Crippen molar-refractivity contribution in [2.45, 2.75) is 6.42 Å². The molecule has 0 spiro atoms. The number of hydrogen-bond acceptors (Lipinski definition) is 3. The molecule has 0 unspecified atom stereocenters. The highest BCUT2D eigenvalue weighted by molar-refractivity contribution is 7.09. The highest BCUT2D eigenvalue weighted by Crippen LogP contribution is 2.07. The van der Waals surface area contributed by atoms with Gasteiger partial charge in [0.2, 0.25) is 11.8 Å². The van der Waals surface area contributed by atoms with Gasteiger partial charge in [0.1, 0.15) is 5.88 Å². The lowest BCUT2D eigenvalue weighted by atomic mass is 10.3. The predicted molar refractivity (Wildman–Crippen MR) is 64.8 cm³/mol. The van der Waals surface area contributed by atoms with Crippen LogP contribution in [-0.4, -0.2) is 30.8 Å². The zero-order valence-electron chi connectivity index (χ0n) is 8.66. The molecule has 4 nitrogen and oxygen atoms in total. The normalized spacial score (nSPS) is 9.81. The Kier molecular flexibility index (Phi) is 5.88. The van der Waals surface area contributed by atoms with Crippen LogP contribution in [0.1, 0.15) is 4.88 Å². The number of rotatable bonds is 6. The monoisotopic (exact) mass is 260 g/mol. The number of hydrogen-bond donors (Lipinski definition) is 2. The molecule has 2 N–H and O–H groups in total. The Labute approximate surface area is 103 Å². The summed E-state index contributed by atoms with van der Waals surface area (Å²) in [7, 11) is 0. The maximum absolute atomic E-state index is 11.2. The highest BCUT2D eigenvalue weighted by Gasteiger charge is 2.03. The first-order chi connectivity index (χ1) is 7.72. The molecule has 16 heavy (non-hydrogen) atoms. The zero-order valence-corrected chi connectivity index (χ0v) is 10.2. The zero-order chi connectivity index (χ0) is 11.8. The summed E-state index contributed by atoms with van der Waals surface area (Å²) in [4.78, 5) is 23.2. The van der Waals surface area contributed by atoms with Crippen LogP contribution >= 0.6 is 22.9 Å². The van der Waals surface area contributed by atoms with E-state index in [1.165, 1.54) is 4.88 Å². The molecule has 1 aromatic rings. The molecule has 0 bridgehead atoms. The summed E-state index contributed by atoms with van der Waals surface area (Å²) in [5.74, 6) is -0.659. The van der Waals surface area contributed by atoms with Crippen molar-refractivity contribution in [3.05, 3.63) is 22.4 Å². The maximum Gasteiger partial charge on any atom is 0.239 e. The maximum atomic E-state index is 11.2. The Morgan fingerprint density at radius 3 is 2.75 bits per heavy atom. The summed E-state index contributed by atoms with van der Waals surface area (Å²) in [5.41, 5.74) is 0. The van der Waals surface area contributed by atoms with Crippen LogP contribution in [0.3, 0.4) is 0 Å². The first kappa shape index (κ1) is 13.0. The van der Waals surface area contributed by atoms with Crippen molar-refractivity contribution < 1.29 is 9.59 Å². The van der Waals surface area contributed by atoms with Gasteiger partial charge in [0.15, 0.2) is 0 Å². The smallest absolute Gasteiger partial charge is 0.239 e. The lowest BCUT2D eigenvalue weighted by molar-refractivity contribution is -0.124. The third-order valence-corrected chi connectivity index (χ3v) is 3.02. The predicted octanol–water partition coefficient (Wildman–Crippen LogP) is 0.762. The van der Waals surface area contributed by atoms with Crippen LogP contribution in [0.4, 0.5) is 0 Å². The van der Waals surface area contributed by atoms with Crippen LogP contribution in [-0.2, 0) is 16.0 Å². The van der Waals surface area contributed by atoms with Crippen LogP contribution in [0.15, 0.2) is 17.5 Å². The van der Waals surface area contributed by atoms with Crippen molar-refractivity contribution in [3.8, 4) is 0 Å². The fourth-order valence-electron chi connectivity index (χ4n) is 1.07. The van der Waals surface area contributed by atoms with Crippen molar-refractivity contribution in [1.82, 2.24) is 10.6 Å². The van der Waals surface area contributed by atoms with Gasteiger partial charge in [-0.1, -0.05) is 6.07 Å². The molecule has 0 saturated carbocycles. The second kappa shape index (κ2) is 7.24. The highest BCUT2D eigenvalue weighted by atomic mass is 35.5. The molecule has 0 aromatic carbocycles. The summed E-state index contributed by atoms with van der Waals surface area (Å²) in [6, 6.07) is 3.99. The molecule has 88 valence electrons. The SMILES string of the molecule is O=C(CCl)NCC(=O)NCCc1cccs1. The van der Waals surface area contributed by atoms with Crippen molar-refractivity contribution in [2.75, 3.05) is 19.0 Å². The van der Waals surface area contributed by atoms with E-state index in [2.05, 4.69) is 10.6 Å². The minimum atomic E-state index is -0.338. The van der Waals surface area contributed by atoms with Crippen LogP contribution < -0.4 is 10.6 Å². The number of carbonyl (C=O) groups excluding carboxylic acids is 2. The van der Waals surface area contributed by atoms with E-state index in [1.54, 1.807) is 11.3 Å². The summed E-state index contributed by atoms with van der Waals surface area (Å²) in [6.45, 7) is 0.562. The molecule has 0 fully saturated rings. The van der Waals surface area contributed by atoms with E-state index in [1.807, 2.05) is 17.5 Å². The Morgan fingerprint density at radius 1 is 1.31 bits per heavy atom. The summed E-state index contributed by atoms with van der Waals surface area (Å²) in [6.07, 6.45) is 0.812. The number of amides is 2. The van der Waals surface area contributed by atoms with Gasteiger partial charge in [0.25, 0.3) is 0 Å². The molecule has 1 heterocycles. The van der Waals surface area contributed by atoms with Gasteiger partial charge in [0.05, 0.1) is 6.54 Å². The Balaban J connectivity index is 2.09. The largest absolute Gasteiger partial charge is 0.354 e. The van der Waals surface area contributed by atoms with Gasteiger partial charge in [-0.2, -0.15) is 0 Å². The third-order valence-electron chi connectivity index (χ3n) is 1.84. The van der Waals surface area contributed by atoms with Gasteiger partial charge >= 0.3 is 0 Å². The van der Waals surface area contributed by atoms with Crippen molar-refractivity contribution in [1.29, 1.82) is 0 Å². The van der Waals surface area contributed by atoms with E-state index in [0.29, 0.717) is 6.54 Å². The fraction of sp³-hybridized carbons (Fsp3) is 0.400. The summed E-state index contributed by atoms with van der Waals surface area (Å²) >= 11 is 6.92. The van der Waals surface area contributed by atoms with Gasteiger partial charge in [-0.25, -0.2) is 0 Å². The topological polar surface area (TPSA) is 58.2 Å². The number of nitrogens with one attached hydrogen (secondary N) is 2. The second-order valence-electron chi connectivity index (χ2n) is 3.09. The van der Waals surface area contributed by atoms with E-state index >= 15 is 0 Å². The molecule has 0 aliphatic carbocycles. The van der Waals surface area contributed by atoms with Crippen molar-refractivity contribution in [2.24, 2.45) is 0 Å². The van der Waals surface area contributed by atoms with Crippen LogP contribution in [0.5, 0.6) is 0 Å². The number of thiophene rings is 1. The summed E-state index contributed by atoms with van der Waals surface area (Å²) < 4.78 is 0. The van der Waals surface area contributed by atoms with Crippen LogP contribution in [0.2, 0.25) is 0 Å². The van der Waals surface area contributed by atoms with E-state index in [-0.39, 0.29) is 24.2 Å². The minimum Gasteiger partial charge on any atom is -0.354 e. The van der Waals surface area contributed by atoms with Gasteiger partial charge in [0, 0.05) is 11.4 Å². The first-order valence-electron chi connectivity index (χ1n) is 4.84. The number of carbonyl (C=O) groups is 2. The molecule has 0 saturated heterocycles. The molecule has 1 aromatic heterocycles. The van der Waals surface area contributed by atoms with Gasteiger partial charge in [-0.15, -0.1) is 22.9 Å². The molecular weight excluding hydrogens is 248 g/mol.